The quantitative estimate of drug-likeness (QED) is 0.414. The largest absolute Gasteiger partial charge is 1.00 e. The van der Waals surface area contributed by atoms with Gasteiger partial charge in [-0.15, -0.1) is 0 Å². The van der Waals surface area contributed by atoms with Crippen LogP contribution in [0.1, 0.15) is 0 Å². The minimum atomic E-state index is 0. The minimum Gasteiger partial charge on any atom is -1.00 e. The predicted molar refractivity (Wildman–Crippen MR) is 30.8 cm³/mol. The Morgan fingerprint density at radius 2 is 2.22 bits per heavy atom. The van der Waals surface area contributed by atoms with Gasteiger partial charge in [0.1, 0.15) is 4.60 Å². The summed E-state index contributed by atoms with van der Waals surface area (Å²) >= 11 is 3.17. The van der Waals surface area contributed by atoms with Gasteiger partial charge in [-0.1, -0.05) is 6.07 Å². The molecule has 4 heteroatoms. The van der Waals surface area contributed by atoms with Crippen molar-refractivity contribution in [2.75, 3.05) is 0 Å². The third kappa shape index (κ3) is 5.01. The number of pyridine rings is 1. The molecule has 0 bridgehead atoms. The van der Waals surface area contributed by atoms with Crippen LogP contribution in [0.3, 0.4) is 0 Å². The van der Waals surface area contributed by atoms with Crippen molar-refractivity contribution in [1.29, 1.82) is 0 Å². The van der Waals surface area contributed by atoms with Crippen molar-refractivity contribution in [3.63, 3.8) is 0 Å². The Morgan fingerprint density at radius 1 is 1.56 bits per heavy atom. The Hall–Kier alpha value is 0.543. The molecule has 45 valence electrons. The standard InChI is InChI=1S/C5H3BrN.ClH.Zn/c6-5-3-1-2-4-7-5;;/h1-3H;1H;/p-1. The van der Waals surface area contributed by atoms with Crippen LogP contribution in [0, 0.1) is 6.20 Å². The summed E-state index contributed by atoms with van der Waals surface area (Å²) in [7, 11) is 0. The molecule has 1 aromatic heterocycles. The van der Waals surface area contributed by atoms with Crippen LogP contribution in [0.15, 0.2) is 22.8 Å². The van der Waals surface area contributed by atoms with E-state index < -0.39 is 0 Å². The van der Waals surface area contributed by atoms with Gasteiger partial charge >= 0.3 is 0 Å². The maximum Gasteiger partial charge on any atom is 0.106 e. The molecule has 0 aliphatic rings. The summed E-state index contributed by atoms with van der Waals surface area (Å²) in [4.78, 5) is 3.77. The van der Waals surface area contributed by atoms with Gasteiger partial charge in [0.2, 0.25) is 0 Å². The SMILES string of the molecule is Brc1ccc[c]n1.[Cl-].[Zn]. The van der Waals surface area contributed by atoms with Crippen molar-refractivity contribution >= 4 is 15.9 Å². The van der Waals surface area contributed by atoms with Crippen LogP contribution in [0.4, 0.5) is 0 Å². The number of hydrogen-bond donors (Lipinski definition) is 0. The molecule has 0 aliphatic carbocycles. The second kappa shape index (κ2) is 6.66. The minimum absolute atomic E-state index is 0. The summed E-state index contributed by atoms with van der Waals surface area (Å²) in [6.45, 7) is 0. The molecule has 0 aromatic carbocycles. The van der Waals surface area contributed by atoms with Gasteiger partial charge in [-0.3, -0.25) is 0 Å². The third-order valence-corrected chi connectivity index (χ3v) is 1.02. The number of nitrogens with zero attached hydrogens (tertiary/aromatic N) is 1. The Bertz CT molecular complexity index is 147. The first-order chi connectivity index (χ1) is 3.39. The maximum absolute atomic E-state index is 3.77. The summed E-state index contributed by atoms with van der Waals surface area (Å²) in [5.74, 6) is 0. The average molecular weight is 258 g/mol. The number of hydrogen-bond acceptors (Lipinski definition) is 1. The molecule has 0 fully saturated rings. The van der Waals surface area contributed by atoms with Gasteiger partial charge in [0, 0.05) is 19.5 Å². The fourth-order valence-corrected chi connectivity index (χ4v) is 0.562. The van der Waals surface area contributed by atoms with Gasteiger partial charge in [-0.25, -0.2) is 4.98 Å². The van der Waals surface area contributed by atoms with E-state index in [9.17, 15) is 0 Å². The summed E-state index contributed by atoms with van der Waals surface area (Å²) < 4.78 is 0.829. The monoisotopic (exact) mass is 255 g/mol. The first-order valence-electron chi connectivity index (χ1n) is 1.88. The Balaban J connectivity index is 0. The van der Waals surface area contributed by atoms with Crippen molar-refractivity contribution in [2.24, 2.45) is 0 Å². The normalized spacial score (nSPS) is 6.78. The molecule has 1 heterocycles. The molecule has 9 heavy (non-hydrogen) atoms. The van der Waals surface area contributed by atoms with E-state index in [1.165, 1.54) is 0 Å². The molecule has 1 radical (unpaired) electrons. The zero-order valence-electron chi connectivity index (χ0n) is 4.64. The molecular weight excluding hydrogens is 255 g/mol. The molecule has 0 spiro atoms. The molecule has 0 aliphatic heterocycles. The van der Waals surface area contributed by atoms with E-state index in [1.807, 2.05) is 12.1 Å². The molecule has 1 nitrogen and oxygen atoms in total. The molecule has 1 aromatic rings. The summed E-state index contributed by atoms with van der Waals surface area (Å²) in [6, 6.07) is 5.48. The Labute approximate surface area is 81.6 Å². The van der Waals surface area contributed by atoms with Gasteiger partial charge in [0.05, 0.1) is 6.20 Å². The van der Waals surface area contributed by atoms with Gasteiger partial charge in [-0.05, 0) is 28.1 Å². The third-order valence-electron chi connectivity index (χ3n) is 0.576. The topological polar surface area (TPSA) is 12.9 Å². The zero-order chi connectivity index (χ0) is 5.11. The summed E-state index contributed by atoms with van der Waals surface area (Å²) in [5, 5.41) is 0. The molecule has 1 rings (SSSR count). The molecule has 0 saturated heterocycles. The van der Waals surface area contributed by atoms with Crippen molar-refractivity contribution < 1.29 is 31.9 Å². The van der Waals surface area contributed by atoms with Crippen LogP contribution in [0.5, 0.6) is 0 Å². The molecule has 0 unspecified atom stereocenters. The van der Waals surface area contributed by atoms with E-state index in [0.717, 1.165) is 4.60 Å². The second-order valence-electron chi connectivity index (χ2n) is 1.09. The number of rotatable bonds is 0. The predicted octanol–water partition coefficient (Wildman–Crippen LogP) is -1.35. The Kier molecular flexibility index (Phi) is 9.06. The van der Waals surface area contributed by atoms with Crippen LogP contribution in [-0.2, 0) is 19.5 Å². The van der Waals surface area contributed by atoms with Crippen molar-refractivity contribution in [3.8, 4) is 0 Å². The van der Waals surface area contributed by atoms with Crippen LogP contribution < -0.4 is 12.4 Å². The summed E-state index contributed by atoms with van der Waals surface area (Å²) in [6.07, 6.45) is 2.66. The van der Waals surface area contributed by atoms with Crippen LogP contribution in [0.25, 0.3) is 0 Å². The molecule has 0 atom stereocenters. The molecule has 0 amide bonds. The molecule has 0 saturated carbocycles. The van der Waals surface area contributed by atoms with E-state index in [2.05, 4.69) is 27.1 Å². The first-order valence-corrected chi connectivity index (χ1v) is 2.67. The zero-order valence-corrected chi connectivity index (χ0v) is 9.95. The smallest absolute Gasteiger partial charge is 0.106 e. The van der Waals surface area contributed by atoms with E-state index >= 15 is 0 Å². The molecule has 0 N–H and O–H groups in total. The van der Waals surface area contributed by atoms with E-state index in [-0.39, 0.29) is 31.9 Å². The van der Waals surface area contributed by atoms with E-state index in [0.29, 0.717) is 0 Å². The first kappa shape index (κ1) is 12.2. The van der Waals surface area contributed by atoms with E-state index in [4.69, 9.17) is 0 Å². The van der Waals surface area contributed by atoms with E-state index in [1.54, 1.807) is 6.07 Å². The van der Waals surface area contributed by atoms with Gasteiger partial charge in [-0.2, -0.15) is 0 Å². The maximum atomic E-state index is 3.77. The number of aromatic nitrogens is 1. The summed E-state index contributed by atoms with van der Waals surface area (Å²) in [5.41, 5.74) is 0. The number of halogens is 2. The van der Waals surface area contributed by atoms with Crippen molar-refractivity contribution in [1.82, 2.24) is 4.98 Å². The van der Waals surface area contributed by atoms with Gasteiger partial charge in [0.25, 0.3) is 0 Å². The fourth-order valence-electron chi connectivity index (χ4n) is 0.307. The second-order valence-corrected chi connectivity index (χ2v) is 1.90. The Morgan fingerprint density at radius 3 is 2.44 bits per heavy atom. The van der Waals surface area contributed by atoms with Gasteiger partial charge in [0.15, 0.2) is 0 Å². The molecular formula is C5H3BrClNZn-. The van der Waals surface area contributed by atoms with Crippen LogP contribution in [0.2, 0.25) is 0 Å². The van der Waals surface area contributed by atoms with Crippen molar-refractivity contribution in [2.45, 2.75) is 0 Å². The average Bonchev–Trinajstić information content (AvgIpc) is 1.69. The van der Waals surface area contributed by atoms with Crippen molar-refractivity contribution in [3.05, 3.63) is 29.0 Å². The van der Waals surface area contributed by atoms with Crippen LogP contribution in [-0.4, -0.2) is 4.98 Å². The van der Waals surface area contributed by atoms with Crippen LogP contribution >= 0.6 is 15.9 Å². The fraction of sp³-hybridized carbons (Fsp3) is 0. The van der Waals surface area contributed by atoms with Gasteiger partial charge < -0.3 is 12.4 Å².